The number of amides is 1. The van der Waals surface area contributed by atoms with Crippen molar-refractivity contribution in [1.29, 1.82) is 0 Å². The first kappa shape index (κ1) is 19.8. The lowest BCUT2D eigenvalue weighted by Crippen LogP contribution is -2.25. The van der Waals surface area contributed by atoms with Crippen LogP contribution in [0.2, 0.25) is 0 Å². The third-order valence-electron chi connectivity index (χ3n) is 5.18. The van der Waals surface area contributed by atoms with Crippen LogP contribution in [0.5, 0.6) is 0 Å². The molecule has 0 fully saturated rings. The first-order chi connectivity index (χ1) is 14.7. The number of pyridine rings is 1. The van der Waals surface area contributed by atoms with E-state index in [1.807, 2.05) is 30.3 Å². The molecule has 0 bridgehead atoms. The number of carbonyl (C=O) groups is 1. The Morgan fingerprint density at radius 1 is 1.00 bits per heavy atom. The third kappa shape index (κ3) is 4.74. The zero-order valence-corrected chi connectivity index (χ0v) is 17.2. The molecule has 0 atom stereocenters. The van der Waals surface area contributed by atoms with Gasteiger partial charge in [0.2, 0.25) is 5.91 Å². The molecule has 30 heavy (non-hydrogen) atoms. The Morgan fingerprint density at radius 3 is 2.60 bits per heavy atom. The molecule has 0 spiro atoms. The van der Waals surface area contributed by atoms with Gasteiger partial charge in [0.05, 0.1) is 0 Å². The number of aromatic nitrogens is 3. The SMILES string of the molecule is Cc1ccc(-c2nc3cccnc3n2CCCNC(=O)CCc2ccccc2)cc1. The molecule has 5 nitrogen and oxygen atoms in total. The highest BCUT2D eigenvalue weighted by atomic mass is 16.1. The zero-order valence-electron chi connectivity index (χ0n) is 17.2. The fraction of sp³-hybridized carbons (Fsp3) is 0.240. The van der Waals surface area contributed by atoms with Crippen molar-refractivity contribution >= 4 is 17.1 Å². The van der Waals surface area contributed by atoms with Crippen LogP contribution < -0.4 is 5.32 Å². The molecule has 152 valence electrons. The number of fused-ring (bicyclic) bond motifs is 1. The Morgan fingerprint density at radius 2 is 1.80 bits per heavy atom. The maximum Gasteiger partial charge on any atom is 0.220 e. The maximum absolute atomic E-state index is 12.2. The highest BCUT2D eigenvalue weighted by Crippen LogP contribution is 2.24. The molecule has 0 aliphatic heterocycles. The van der Waals surface area contributed by atoms with Crippen LogP contribution >= 0.6 is 0 Å². The molecule has 1 amide bonds. The second kappa shape index (κ2) is 9.35. The van der Waals surface area contributed by atoms with Gasteiger partial charge < -0.3 is 9.88 Å². The zero-order chi connectivity index (χ0) is 20.8. The number of nitrogens with one attached hydrogen (secondary N) is 1. The molecule has 0 saturated heterocycles. The summed E-state index contributed by atoms with van der Waals surface area (Å²) in [6, 6.07) is 22.4. The minimum atomic E-state index is 0.0891. The summed E-state index contributed by atoms with van der Waals surface area (Å²) in [5, 5.41) is 3.04. The summed E-state index contributed by atoms with van der Waals surface area (Å²) in [5.41, 5.74) is 5.25. The molecule has 0 saturated carbocycles. The first-order valence-electron chi connectivity index (χ1n) is 10.4. The normalized spacial score (nSPS) is 11.0. The summed E-state index contributed by atoms with van der Waals surface area (Å²) in [5.74, 6) is 1.00. The van der Waals surface area contributed by atoms with Crippen LogP contribution in [0.15, 0.2) is 72.9 Å². The standard InChI is InChI=1S/C25H26N4O/c1-19-10-13-21(14-11-19)24-28-22-9-5-16-27-25(22)29(24)18-6-17-26-23(30)15-12-20-7-3-2-4-8-20/h2-5,7-11,13-14,16H,6,12,15,17-18H2,1H3,(H,26,30). The second-order valence-corrected chi connectivity index (χ2v) is 7.49. The quantitative estimate of drug-likeness (QED) is 0.443. The number of benzene rings is 2. The minimum absolute atomic E-state index is 0.0891. The number of imidazole rings is 1. The molecule has 0 aliphatic carbocycles. The molecule has 1 N–H and O–H groups in total. The van der Waals surface area contributed by atoms with Crippen molar-refractivity contribution in [2.24, 2.45) is 0 Å². The fourth-order valence-corrected chi connectivity index (χ4v) is 3.55. The van der Waals surface area contributed by atoms with Gasteiger partial charge in [-0.3, -0.25) is 4.79 Å². The van der Waals surface area contributed by atoms with Gasteiger partial charge in [0.25, 0.3) is 0 Å². The van der Waals surface area contributed by atoms with Crippen LogP contribution in [0.3, 0.4) is 0 Å². The Kier molecular flexibility index (Phi) is 6.18. The number of nitrogens with zero attached hydrogens (tertiary/aromatic N) is 3. The monoisotopic (exact) mass is 398 g/mol. The van der Waals surface area contributed by atoms with Gasteiger partial charge in [-0.2, -0.15) is 0 Å². The molecule has 4 rings (SSSR count). The van der Waals surface area contributed by atoms with Gasteiger partial charge in [0.1, 0.15) is 11.3 Å². The number of hydrogen-bond acceptors (Lipinski definition) is 3. The van der Waals surface area contributed by atoms with E-state index in [0.29, 0.717) is 13.0 Å². The van der Waals surface area contributed by atoms with Crippen molar-refractivity contribution in [2.75, 3.05) is 6.54 Å². The first-order valence-corrected chi connectivity index (χ1v) is 10.4. The van der Waals surface area contributed by atoms with Crippen LogP contribution in [-0.4, -0.2) is 27.0 Å². The number of aryl methyl sites for hydroxylation is 3. The van der Waals surface area contributed by atoms with Crippen molar-refractivity contribution in [1.82, 2.24) is 19.9 Å². The summed E-state index contributed by atoms with van der Waals surface area (Å²) in [6.45, 7) is 3.46. The predicted octanol–water partition coefficient (Wildman–Crippen LogP) is 4.55. The van der Waals surface area contributed by atoms with E-state index in [-0.39, 0.29) is 5.91 Å². The molecular weight excluding hydrogens is 372 g/mol. The lowest BCUT2D eigenvalue weighted by molar-refractivity contribution is -0.121. The van der Waals surface area contributed by atoms with Crippen molar-refractivity contribution in [3.63, 3.8) is 0 Å². The van der Waals surface area contributed by atoms with Gasteiger partial charge in [0, 0.05) is 31.3 Å². The average molecular weight is 399 g/mol. The van der Waals surface area contributed by atoms with Crippen LogP contribution in [0, 0.1) is 6.92 Å². The lowest BCUT2D eigenvalue weighted by atomic mass is 10.1. The molecule has 2 aromatic carbocycles. The van der Waals surface area contributed by atoms with Crippen molar-refractivity contribution < 1.29 is 4.79 Å². The van der Waals surface area contributed by atoms with Crippen molar-refractivity contribution in [3.8, 4) is 11.4 Å². The van der Waals surface area contributed by atoms with E-state index in [4.69, 9.17) is 4.98 Å². The fourth-order valence-electron chi connectivity index (χ4n) is 3.55. The van der Waals surface area contributed by atoms with E-state index in [1.54, 1.807) is 6.20 Å². The topological polar surface area (TPSA) is 59.8 Å². The molecule has 2 heterocycles. The van der Waals surface area contributed by atoms with E-state index in [0.717, 1.165) is 41.9 Å². The number of rotatable bonds is 8. The summed E-state index contributed by atoms with van der Waals surface area (Å²) in [6.07, 6.45) is 3.89. The molecule has 0 unspecified atom stereocenters. The van der Waals surface area contributed by atoms with Gasteiger partial charge in [-0.1, -0.05) is 60.2 Å². The van der Waals surface area contributed by atoms with Crippen LogP contribution in [0.25, 0.3) is 22.6 Å². The molecule has 0 aliphatic rings. The predicted molar refractivity (Wildman–Crippen MR) is 120 cm³/mol. The van der Waals surface area contributed by atoms with Crippen molar-refractivity contribution in [3.05, 3.63) is 84.1 Å². The second-order valence-electron chi connectivity index (χ2n) is 7.49. The van der Waals surface area contributed by atoms with Gasteiger partial charge in [0.15, 0.2) is 5.65 Å². The Labute approximate surface area is 176 Å². The van der Waals surface area contributed by atoms with Crippen LogP contribution in [0.4, 0.5) is 0 Å². The molecule has 4 aromatic rings. The summed E-state index contributed by atoms with van der Waals surface area (Å²) in [7, 11) is 0. The van der Waals surface area contributed by atoms with Gasteiger partial charge in [-0.25, -0.2) is 9.97 Å². The van der Waals surface area contributed by atoms with E-state index in [2.05, 4.69) is 58.2 Å². The van der Waals surface area contributed by atoms with E-state index >= 15 is 0 Å². The smallest absolute Gasteiger partial charge is 0.220 e. The van der Waals surface area contributed by atoms with Gasteiger partial charge in [-0.15, -0.1) is 0 Å². The van der Waals surface area contributed by atoms with E-state index in [1.165, 1.54) is 11.1 Å². The summed E-state index contributed by atoms with van der Waals surface area (Å²) in [4.78, 5) is 21.5. The lowest BCUT2D eigenvalue weighted by Gasteiger charge is -2.10. The van der Waals surface area contributed by atoms with E-state index < -0.39 is 0 Å². The molecule has 5 heteroatoms. The number of hydrogen-bond donors (Lipinski definition) is 1. The molecule has 2 aromatic heterocycles. The largest absolute Gasteiger partial charge is 0.356 e. The summed E-state index contributed by atoms with van der Waals surface area (Å²) < 4.78 is 2.15. The van der Waals surface area contributed by atoms with Gasteiger partial charge in [-0.05, 0) is 37.5 Å². The highest BCUT2D eigenvalue weighted by Gasteiger charge is 2.13. The maximum atomic E-state index is 12.2. The molecule has 0 radical (unpaired) electrons. The minimum Gasteiger partial charge on any atom is -0.356 e. The molecular formula is C25H26N4O. The Bertz CT molecular complexity index is 1120. The van der Waals surface area contributed by atoms with Crippen LogP contribution in [0.1, 0.15) is 24.0 Å². The van der Waals surface area contributed by atoms with Crippen molar-refractivity contribution in [2.45, 2.75) is 32.7 Å². The Balaban J connectivity index is 1.38. The van der Waals surface area contributed by atoms with E-state index in [9.17, 15) is 4.79 Å². The summed E-state index contributed by atoms with van der Waals surface area (Å²) >= 11 is 0. The van der Waals surface area contributed by atoms with Crippen LogP contribution in [-0.2, 0) is 17.8 Å². The Hall–Kier alpha value is -3.47. The number of carbonyl (C=O) groups excluding carboxylic acids is 1. The average Bonchev–Trinajstić information content (AvgIpc) is 3.15. The third-order valence-corrected chi connectivity index (χ3v) is 5.18. The highest BCUT2D eigenvalue weighted by molar-refractivity contribution is 5.77. The van der Waals surface area contributed by atoms with Gasteiger partial charge >= 0.3 is 0 Å².